The van der Waals surface area contributed by atoms with Gasteiger partial charge in [-0.25, -0.2) is 8.42 Å². The maximum absolute atomic E-state index is 11.7. The van der Waals surface area contributed by atoms with Crippen molar-refractivity contribution in [1.82, 2.24) is 5.32 Å². The van der Waals surface area contributed by atoms with Crippen molar-refractivity contribution in [1.29, 1.82) is 0 Å². The van der Waals surface area contributed by atoms with E-state index in [0.29, 0.717) is 6.54 Å². The molecule has 0 amide bonds. The van der Waals surface area contributed by atoms with Crippen molar-refractivity contribution in [2.24, 2.45) is 0 Å². The molecule has 3 nitrogen and oxygen atoms in total. The van der Waals surface area contributed by atoms with Crippen LogP contribution in [0.1, 0.15) is 28.3 Å². The summed E-state index contributed by atoms with van der Waals surface area (Å²) in [4.78, 5) is 0. The summed E-state index contributed by atoms with van der Waals surface area (Å²) in [7, 11) is -2.89. The van der Waals surface area contributed by atoms with Crippen LogP contribution in [-0.4, -0.2) is 26.5 Å². The van der Waals surface area contributed by atoms with Gasteiger partial charge in [0.15, 0.2) is 9.84 Å². The van der Waals surface area contributed by atoms with Crippen LogP contribution in [0.3, 0.4) is 0 Å². The normalized spacial score (nSPS) is 23.6. The van der Waals surface area contributed by atoms with Gasteiger partial charge in [0.05, 0.1) is 11.5 Å². The molecule has 1 aliphatic rings. The molecule has 1 N–H and O–H groups in total. The lowest BCUT2D eigenvalue weighted by atomic mass is 9.95. The molecule has 1 heterocycles. The summed E-state index contributed by atoms with van der Waals surface area (Å²) in [5, 5.41) is 3.31. The Hall–Kier alpha value is -0.870. The second-order valence-corrected chi connectivity index (χ2v) is 7.16. The summed E-state index contributed by atoms with van der Waals surface area (Å²) in [5.41, 5.74) is 4.73. The first-order valence-corrected chi connectivity index (χ1v) is 7.73. The van der Waals surface area contributed by atoms with Gasteiger partial charge in [0, 0.05) is 12.6 Å². The van der Waals surface area contributed by atoms with E-state index >= 15 is 0 Å². The highest BCUT2D eigenvalue weighted by Crippen LogP contribution is 2.26. The fourth-order valence-corrected chi connectivity index (χ4v) is 4.10. The Balaban J connectivity index is 2.41. The number of sulfone groups is 1. The molecule has 17 heavy (non-hydrogen) atoms. The van der Waals surface area contributed by atoms with E-state index in [-0.39, 0.29) is 17.5 Å². The molecule has 2 rings (SSSR count). The molecule has 1 fully saturated rings. The van der Waals surface area contributed by atoms with E-state index in [9.17, 15) is 8.42 Å². The lowest BCUT2D eigenvalue weighted by Gasteiger charge is -2.27. The zero-order chi connectivity index (χ0) is 12.6. The van der Waals surface area contributed by atoms with Gasteiger partial charge in [-0.15, -0.1) is 0 Å². The maximum Gasteiger partial charge on any atom is 0.153 e. The molecule has 0 aliphatic carbocycles. The van der Waals surface area contributed by atoms with Gasteiger partial charge in [0.25, 0.3) is 0 Å². The minimum absolute atomic E-state index is 0.0469. The van der Waals surface area contributed by atoms with Crippen LogP contribution < -0.4 is 5.32 Å². The van der Waals surface area contributed by atoms with E-state index in [4.69, 9.17) is 0 Å². The van der Waals surface area contributed by atoms with Gasteiger partial charge in [-0.1, -0.05) is 17.7 Å². The minimum Gasteiger partial charge on any atom is -0.308 e. The number of hydrogen-bond acceptors (Lipinski definition) is 3. The zero-order valence-corrected chi connectivity index (χ0v) is 11.4. The highest BCUT2D eigenvalue weighted by Gasteiger charge is 2.27. The molecular weight excluding hydrogens is 234 g/mol. The number of hydrogen-bond donors (Lipinski definition) is 1. The quantitative estimate of drug-likeness (QED) is 0.828. The smallest absolute Gasteiger partial charge is 0.153 e. The van der Waals surface area contributed by atoms with Crippen molar-refractivity contribution < 1.29 is 8.42 Å². The molecule has 0 radical (unpaired) electrons. The SMILES string of the molecule is Cc1cc(C)c(C2CS(=O)(=O)CCN2)c(C)c1. The first-order valence-electron chi connectivity index (χ1n) is 5.90. The summed E-state index contributed by atoms with van der Waals surface area (Å²) in [6.45, 7) is 6.73. The zero-order valence-electron chi connectivity index (χ0n) is 10.6. The fourth-order valence-electron chi connectivity index (χ4n) is 2.71. The lowest BCUT2D eigenvalue weighted by Crippen LogP contribution is -2.39. The number of aryl methyl sites for hydroxylation is 3. The Morgan fingerprint density at radius 1 is 1.18 bits per heavy atom. The molecule has 0 bridgehead atoms. The molecule has 1 saturated heterocycles. The molecule has 1 aromatic rings. The van der Waals surface area contributed by atoms with Gasteiger partial charge in [-0.05, 0) is 37.5 Å². The highest BCUT2D eigenvalue weighted by atomic mass is 32.2. The van der Waals surface area contributed by atoms with Crippen LogP contribution in [-0.2, 0) is 9.84 Å². The Morgan fingerprint density at radius 3 is 2.29 bits per heavy atom. The van der Waals surface area contributed by atoms with Gasteiger partial charge >= 0.3 is 0 Å². The third-order valence-electron chi connectivity index (χ3n) is 3.31. The summed E-state index contributed by atoms with van der Waals surface area (Å²) in [6.07, 6.45) is 0. The summed E-state index contributed by atoms with van der Waals surface area (Å²) < 4.78 is 23.4. The van der Waals surface area contributed by atoms with Crippen LogP contribution >= 0.6 is 0 Å². The van der Waals surface area contributed by atoms with Crippen LogP contribution in [0.5, 0.6) is 0 Å². The molecule has 4 heteroatoms. The Kier molecular flexibility index (Phi) is 3.27. The molecule has 1 aliphatic heterocycles. The third kappa shape index (κ3) is 2.69. The van der Waals surface area contributed by atoms with E-state index < -0.39 is 9.84 Å². The Labute approximate surface area is 103 Å². The van der Waals surface area contributed by atoms with E-state index in [1.165, 1.54) is 16.7 Å². The molecular formula is C13H19NO2S. The van der Waals surface area contributed by atoms with Crippen LogP contribution in [0, 0.1) is 20.8 Å². The number of nitrogens with one attached hydrogen (secondary N) is 1. The number of rotatable bonds is 1. The topological polar surface area (TPSA) is 46.2 Å². The van der Waals surface area contributed by atoms with E-state index in [1.54, 1.807) is 0 Å². The molecule has 1 unspecified atom stereocenters. The average Bonchev–Trinajstić information content (AvgIpc) is 2.13. The first kappa shape index (κ1) is 12.6. The van der Waals surface area contributed by atoms with Crippen LogP contribution in [0.4, 0.5) is 0 Å². The first-order chi connectivity index (χ1) is 7.89. The van der Waals surface area contributed by atoms with E-state index in [2.05, 4.69) is 38.2 Å². The van der Waals surface area contributed by atoms with Crippen molar-refractivity contribution in [2.45, 2.75) is 26.8 Å². The molecule has 0 saturated carbocycles. The van der Waals surface area contributed by atoms with Crippen molar-refractivity contribution in [3.63, 3.8) is 0 Å². The van der Waals surface area contributed by atoms with Crippen molar-refractivity contribution in [3.8, 4) is 0 Å². The molecule has 0 aromatic heterocycles. The van der Waals surface area contributed by atoms with Crippen LogP contribution in [0.2, 0.25) is 0 Å². The molecule has 1 atom stereocenters. The second-order valence-electron chi connectivity index (χ2n) is 4.93. The van der Waals surface area contributed by atoms with Gasteiger partial charge in [-0.2, -0.15) is 0 Å². The van der Waals surface area contributed by atoms with E-state index in [1.807, 2.05) is 0 Å². The highest BCUT2D eigenvalue weighted by molar-refractivity contribution is 7.91. The third-order valence-corrected chi connectivity index (χ3v) is 4.98. The molecule has 1 aromatic carbocycles. The molecule has 94 valence electrons. The second kappa shape index (κ2) is 4.42. The van der Waals surface area contributed by atoms with Crippen LogP contribution in [0.25, 0.3) is 0 Å². The van der Waals surface area contributed by atoms with E-state index in [0.717, 1.165) is 5.56 Å². The largest absolute Gasteiger partial charge is 0.308 e. The average molecular weight is 253 g/mol. The van der Waals surface area contributed by atoms with Crippen molar-refractivity contribution in [3.05, 3.63) is 34.4 Å². The number of benzene rings is 1. The lowest BCUT2D eigenvalue weighted by molar-refractivity contribution is 0.528. The predicted molar refractivity (Wildman–Crippen MR) is 70.1 cm³/mol. The standard InChI is InChI=1S/C13H19NO2S/c1-9-6-10(2)13(11(3)7-9)12-8-17(15,16)5-4-14-12/h6-7,12,14H,4-5,8H2,1-3H3. The summed E-state index contributed by atoms with van der Waals surface area (Å²) in [6, 6.07) is 4.19. The fraction of sp³-hybridized carbons (Fsp3) is 0.538. The van der Waals surface area contributed by atoms with Crippen molar-refractivity contribution in [2.75, 3.05) is 18.1 Å². The monoisotopic (exact) mass is 253 g/mol. The van der Waals surface area contributed by atoms with Gasteiger partial charge in [-0.3, -0.25) is 0 Å². The summed E-state index contributed by atoms with van der Waals surface area (Å²) in [5.74, 6) is 0.477. The Morgan fingerprint density at radius 2 is 1.76 bits per heavy atom. The summed E-state index contributed by atoms with van der Waals surface area (Å²) >= 11 is 0. The predicted octanol–water partition coefficient (Wildman–Crippen LogP) is 1.67. The van der Waals surface area contributed by atoms with Gasteiger partial charge in [0.2, 0.25) is 0 Å². The molecule has 0 spiro atoms. The maximum atomic E-state index is 11.7. The van der Waals surface area contributed by atoms with Gasteiger partial charge in [0.1, 0.15) is 0 Å². The van der Waals surface area contributed by atoms with Crippen molar-refractivity contribution >= 4 is 9.84 Å². The van der Waals surface area contributed by atoms with Gasteiger partial charge < -0.3 is 5.32 Å². The van der Waals surface area contributed by atoms with Crippen LogP contribution in [0.15, 0.2) is 12.1 Å². The Bertz CT molecular complexity index is 511. The minimum atomic E-state index is -2.89.